The van der Waals surface area contributed by atoms with E-state index < -0.39 is 0 Å². The molecule has 1 saturated heterocycles. The molecular formula is C21H33N7O. The van der Waals surface area contributed by atoms with E-state index in [1.165, 1.54) is 13.0 Å². The highest BCUT2D eigenvalue weighted by molar-refractivity contribution is 5.80. The summed E-state index contributed by atoms with van der Waals surface area (Å²) in [5, 5.41) is 14.2. The predicted molar refractivity (Wildman–Crippen MR) is 116 cm³/mol. The molecule has 1 fully saturated rings. The molecule has 8 heteroatoms. The van der Waals surface area contributed by atoms with E-state index in [9.17, 15) is 0 Å². The number of rotatable bonds is 8. The van der Waals surface area contributed by atoms with Gasteiger partial charge in [-0.25, -0.2) is 9.98 Å². The third-order valence-corrected chi connectivity index (χ3v) is 5.08. The number of ether oxygens (including phenoxy) is 1. The number of piperidine rings is 1. The van der Waals surface area contributed by atoms with E-state index in [0.717, 1.165) is 55.6 Å². The average molecular weight is 400 g/mol. The van der Waals surface area contributed by atoms with Crippen molar-refractivity contribution < 1.29 is 4.74 Å². The van der Waals surface area contributed by atoms with Crippen LogP contribution in [0.3, 0.4) is 0 Å². The number of nitrogens with zero attached hydrogens (tertiary/aromatic N) is 4. The highest BCUT2D eigenvalue weighted by Crippen LogP contribution is 2.19. The molecule has 0 aliphatic carbocycles. The average Bonchev–Trinajstić information content (AvgIpc) is 3.23. The molecule has 2 heterocycles. The van der Waals surface area contributed by atoms with Gasteiger partial charge in [0.25, 0.3) is 0 Å². The summed E-state index contributed by atoms with van der Waals surface area (Å²) in [4.78, 5) is 11.8. The SMILES string of the molecule is CCCN1CCC(NC(=NCc2nc(-c3ccc(OC)cc3)n[nH]2)NCC)CC1. The van der Waals surface area contributed by atoms with E-state index in [0.29, 0.717) is 18.4 Å². The zero-order chi connectivity index (χ0) is 20.5. The van der Waals surface area contributed by atoms with Crippen molar-refractivity contribution in [2.75, 3.05) is 33.3 Å². The molecule has 1 aromatic carbocycles. The smallest absolute Gasteiger partial charge is 0.191 e. The lowest BCUT2D eigenvalue weighted by Crippen LogP contribution is -2.48. The molecule has 0 radical (unpaired) electrons. The second kappa shape index (κ2) is 10.8. The summed E-state index contributed by atoms with van der Waals surface area (Å²) in [5.41, 5.74) is 0.946. The van der Waals surface area contributed by atoms with Crippen molar-refractivity contribution in [1.29, 1.82) is 0 Å². The Morgan fingerprint density at radius 2 is 2.00 bits per heavy atom. The first-order chi connectivity index (χ1) is 14.2. The quantitative estimate of drug-likeness (QED) is 0.466. The summed E-state index contributed by atoms with van der Waals surface area (Å²) in [7, 11) is 1.66. The monoisotopic (exact) mass is 399 g/mol. The first-order valence-electron chi connectivity index (χ1n) is 10.5. The summed E-state index contributed by atoms with van der Waals surface area (Å²) >= 11 is 0. The van der Waals surface area contributed by atoms with Crippen LogP contribution < -0.4 is 15.4 Å². The number of aromatic amines is 1. The van der Waals surface area contributed by atoms with Crippen LogP contribution in [-0.4, -0.2) is 65.4 Å². The zero-order valence-electron chi connectivity index (χ0n) is 17.7. The highest BCUT2D eigenvalue weighted by Gasteiger charge is 2.19. The summed E-state index contributed by atoms with van der Waals surface area (Å²) in [6, 6.07) is 8.17. The van der Waals surface area contributed by atoms with Crippen molar-refractivity contribution in [1.82, 2.24) is 30.7 Å². The number of aliphatic imine (C=N–C) groups is 1. The molecule has 29 heavy (non-hydrogen) atoms. The summed E-state index contributed by atoms with van der Waals surface area (Å²) in [5.74, 6) is 3.06. The van der Waals surface area contributed by atoms with Gasteiger partial charge in [-0.3, -0.25) is 5.10 Å². The Bertz CT molecular complexity index is 764. The molecule has 8 nitrogen and oxygen atoms in total. The lowest BCUT2D eigenvalue weighted by Gasteiger charge is -2.32. The van der Waals surface area contributed by atoms with E-state index in [-0.39, 0.29) is 0 Å². The van der Waals surface area contributed by atoms with Crippen LogP contribution in [0.2, 0.25) is 0 Å². The van der Waals surface area contributed by atoms with E-state index in [2.05, 4.69) is 44.6 Å². The van der Waals surface area contributed by atoms with Crippen LogP contribution in [0.1, 0.15) is 38.9 Å². The predicted octanol–water partition coefficient (Wildman–Crippen LogP) is 2.41. The van der Waals surface area contributed by atoms with Crippen LogP contribution in [0.25, 0.3) is 11.4 Å². The molecule has 158 valence electrons. The topological polar surface area (TPSA) is 90.5 Å². The Kier molecular flexibility index (Phi) is 7.86. The minimum Gasteiger partial charge on any atom is -0.497 e. The van der Waals surface area contributed by atoms with Gasteiger partial charge in [0.05, 0.1) is 7.11 Å². The zero-order valence-corrected chi connectivity index (χ0v) is 17.7. The molecule has 1 aliphatic rings. The van der Waals surface area contributed by atoms with Gasteiger partial charge >= 0.3 is 0 Å². The van der Waals surface area contributed by atoms with E-state index in [4.69, 9.17) is 9.73 Å². The van der Waals surface area contributed by atoms with Gasteiger partial charge in [-0.2, -0.15) is 5.10 Å². The maximum Gasteiger partial charge on any atom is 0.191 e. The van der Waals surface area contributed by atoms with Gasteiger partial charge in [-0.05, 0) is 57.0 Å². The standard InChI is InChI=1S/C21H33N7O/c1-4-12-28-13-10-17(11-14-28)24-21(22-5-2)23-15-19-25-20(27-26-19)16-6-8-18(29-3)9-7-16/h6-9,17H,4-5,10-15H2,1-3H3,(H2,22,23,24)(H,25,26,27). The van der Waals surface area contributed by atoms with Crippen molar-refractivity contribution in [2.45, 2.75) is 45.7 Å². The molecule has 1 aromatic heterocycles. The van der Waals surface area contributed by atoms with Crippen LogP contribution in [0.15, 0.2) is 29.3 Å². The van der Waals surface area contributed by atoms with Gasteiger partial charge in [0.1, 0.15) is 18.1 Å². The van der Waals surface area contributed by atoms with Crippen molar-refractivity contribution in [3.05, 3.63) is 30.1 Å². The molecule has 1 aliphatic heterocycles. The number of aromatic nitrogens is 3. The molecule has 0 atom stereocenters. The van der Waals surface area contributed by atoms with Crippen molar-refractivity contribution in [3.63, 3.8) is 0 Å². The van der Waals surface area contributed by atoms with Crippen molar-refractivity contribution in [2.24, 2.45) is 4.99 Å². The largest absolute Gasteiger partial charge is 0.497 e. The molecular weight excluding hydrogens is 366 g/mol. The van der Waals surface area contributed by atoms with Gasteiger partial charge in [0.15, 0.2) is 11.8 Å². The lowest BCUT2D eigenvalue weighted by atomic mass is 10.1. The van der Waals surface area contributed by atoms with E-state index in [1.807, 2.05) is 24.3 Å². The van der Waals surface area contributed by atoms with Crippen LogP contribution in [0.4, 0.5) is 0 Å². The fourth-order valence-corrected chi connectivity index (χ4v) is 3.52. The number of benzene rings is 1. The second-order valence-corrected chi connectivity index (χ2v) is 7.29. The molecule has 0 amide bonds. The number of methoxy groups -OCH3 is 1. The van der Waals surface area contributed by atoms with Gasteiger partial charge in [0, 0.05) is 31.2 Å². The molecule has 0 unspecified atom stereocenters. The minimum atomic E-state index is 0.452. The first kappa shape index (κ1) is 21.1. The molecule has 0 saturated carbocycles. The third-order valence-electron chi connectivity index (χ3n) is 5.08. The molecule has 0 spiro atoms. The summed E-state index contributed by atoms with van der Waals surface area (Å²) in [6.45, 7) is 9.10. The van der Waals surface area contributed by atoms with Gasteiger partial charge < -0.3 is 20.3 Å². The number of hydrogen-bond acceptors (Lipinski definition) is 5. The number of guanidine groups is 1. The minimum absolute atomic E-state index is 0.452. The Balaban J connectivity index is 1.56. The number of likely N-dealkylation sites (tertiary alicyclic amines) is 1. The van der Waals surface area contributed by atoms with E-state index >= 15 is 0 Å². The van der Waals surface area contributed by atoms with Crippen molar-refractivity contribution in [3.8, 4) is 17.1 Å². The van der Waals surface area contributed by atoms with Crippen LogP contribution in [0.5, 0.6) is 5.75 Å². The highest BCUT2D eigenvalue weighted by atomic mass is 16.5. The van der Waals surface area contributed by atoms with Crippen LogP contribution in [-0.2, 0) is 6.54 Å². The van der Waals surface area contributed by atoms with Gasteiger partial charge in [-0.15, -0.1) is 0 Å². The van der Waals surface area contributed by atoms with E-state index in [1.54, 1.807) is 7.11 Å². The Labute approximate surface area is 173 Å². The normalized spacial score (nSPS) is 16.0. The number of H-pyrrole nitrogens is 1. The fraction of sp³-hybridized carbons (Fsp3) is 0.571. The Morgan fingerprint density at radius 1 is 1.24 bits per heavy atom. The molecule has 0 bridgehead atoms. The molecule has 3 N–H and O–H groups in total. The van der Waals surface area contributed by atoms with Crippen LogP contribution in [0, 0.1) is 0 Å². The first-order valence-corrected chi connectivity index (χ1v) is 10.5. The number of nitrogens with one attached hydrogen (secondary N) is 3. The Morgan fingerprint density at radius 3 is 2.66 bits per heavy atom. The molecule has 2 aromatic rings. The van der Waals surface area contributed by atoms with Gasteiger partial charge in [-0.1, -0.05) is 6.92 Å². The Hall–Kier alpha value is -2.61. The molecule has 3 rings (SSSR count). The third kappa shape index (κ3) is 6.19. The number of hydrogen-bond donors (Lipinski definition) is 3. The summed E-state index contributed by atoms with van der Waals surface area (Å²) in [6.07, 6.45) is 3.51. The maximum absolute atomic E-state index is 5.20. The van der Waals surface area contributed by atoms with Crippen LogP contribution >= 0.6 is 0 Å². The lowest BCUT2D eigenvalue weighted by molar-refractivity contribution is 0.206. The van der Waals surface area contributed by atoms with Crippen molar-refractivity contribution >= 4 is 5.96 Å². The summed E-state index contributed by atoms with van der Waals surface area (Å²) < 4.78 is 5.20. The fourth-order valence-electron chi connectivity index (χ4n) is 3.52. The maximum atomic E-state index is 5.20. The van der Waals surface area contributed by atoms with Gasteiger partial charge in [0.2, 0.25) is 0 Å². The second-order valence-electron chi connectivity index (χ2n) is 7.29.